The van der Waals surface area contributed by atoms with Crippen molar-refractivity contribution in [3.05, 3.63) is 28.2 Å². The van der Waals surface area contributed by atoms with Crippen LogP contribution in [0.1, 0.15) is 0 Å². The Kier molecular flexibility index (Phi) is 3.51. The van der Waals surface area contributed by atoms with Crippen molar-refractivity contribution in [1.29, 1.82) is 0 Å². The van der Waals surface area contributed by atoms with Gasteiger partial charge in [-0.2, -0.15) is 0 Å². The minimum atomic E-state index is -0.488. The standard InChI is InChI=1S/C10H9Cl2N3O2/c11-7-2-1-6(3-8(7)12)14-10(17)15-5-13-4-9(15)16/h1-3,13H,4-5H2,(H,14,17). The molecule has 0 spiro atoms. The topological polar surface area (TPSA) is 61.4 Å². The van der Waals surface area contributed by atoms with Crippen LogP contribution in [0, 0.1) is 0 Å². The van der Waals surface area contributed by atoms with Crippen LogP contribution < -0.4 is 10.6 Å². The molecule has 0 bridgehead atoms. The number of imide groups is 1. The van der Waals surface area contributed by atoms with Crippen LogP contribution in [-0.2, 0) is 4.79 Å². The van der Waals surface area contributed by atoms with Gasteiger partial charge in [0.2, 0.25) is 5.91 Å². The fourth-order valence-corrected chi connectivity index (χ4v) is 1.71. The molecule has 1 saturated heterocycles. The number of hydrogen-bond acceptors (Lipinski definition) is 3. The summed E-state index contributed by atoms with van der Waals surface area (Å²) in [5.74, 6) is -0.262. The lowest BCUT2D eigenvalue weighted by molar-refractivity contribution is -0.123. The Labute approximate surface area is 108 Å². The maximum absolute atomic E-state index is 11.7. The summed E-state index contributed by atoms with van der Waals surface area (Å²) >= 11 is 11.6. The van der Waals surface area contributed by atoms with Crippen LogP contribution >= 0.6 is 23.2 Å². The molecule has 1 fully saturated rings. The number of carbonyl (C=O) groups is 2. The highest BCUT2D eigenvalue weighted by molar-refractivity contribution is 6.42. The zero-order chi connectivity index (χ0) is 12.4. The molecule has 1 heterocycles. The van der Waals surface area contributed by atoms with Crippen molar-refractivity contribution < 1.29 is 9.59 Å². The van der Waals surface area contributed by atoms with Crippen molar-refractivity contribution in [3.8, 4) is 0 Å². The molecule has 1 aliphatic heterocycles. The quantitative estimate of drug-likeness (QED) is 0.822. The summed E-state index contributed by atoms with van der Waals surface area (Å²) in [6.07, 6.45) is 0. The largest absolute Gasteiger partial charge is 0.329 e. The van der Waals surface area contributed by atoms with Crippen LogP contribution in [0.15, 0.2) is 18.2 Å². The summed E-state index contributed by atoms with van der Waals surface area (Å²) < 4.78 is 0. The second kappa shape index (κ2) is 4.91. The minimum absolute atomic E-state index is 0.175. The van der Waals surface area contributed by atoms with E-state index in [1.807, 2.05) is 0 Å². The predicted molar refractivity (Wildman–Crippen MR) is 65.2 cm³/mol. The van der Waals surface area contributed by atoms with E-state index in [2.05, 4.69) is 10.6 Å². The number of benzene rings is 1. The number of anilines is 1. The first-order chi connectivity index (χ1) is 8.08. The molecule has 5 nitrogen and oxygen atoms in total. The molecular formula is C10H9Cl2N3O2. The lowest BCUT2D eigenvalue weighted by Crippen LogP contribution is -2.36. The Morgan fingerprint density at radius 3 is 2.71 bits per heavy atom. The molecule has 90 valence electrons. The highest BCUT2D eigenvalue weighted by Gasteiger charge is 2.25. The van der Waals surface area contributed by atoms with Gasteiger partial charge in [0.05, 0.1) is 23.3 Å². The molecule has 1 aliphatic rings. The highest BCUT2D eigenvalue weighted by Crippen LogP contribution is 2.25. The van der Waals surface area contributed by atoms with Gasteiger partial charge in [0.25, 0.3) is 0 Å². The lowest BCUT2D eigenvalue weighted by Gasteiger charge is -2.14. The van der Waals surface area contributed by atoms with E-state index < -0.39 is 6.03 Å². The zero-order valence-corrected chi connectivity index (χ0v) is 10.2. The molecule has 17 heavy (non-hydrogen) atoms. The molecule has 1 aromatic carbocycles. The second-order valence-corrected chi connectivity index (χ2v) is 4.28. The van der Waals surface area contributed by atoms with E-state index in [1.54, 1.807) is 12.1 Å². The molecule has 1 aromatic rings. The third-order valence-corrected chi connectivity index (χ3v) is 3.00. The maximum Gasteiger partial charge on any atom is 0.329 e. The van der Waals surface area contributed by atoms with Crippen molar-refractivity contribution in [3.63, 3.8) is 0 Å². The summed E-state index contributed by atoms with van der Waals surface area (Å²) in [4.78, 5) is 24.1. The van der Waals surface area contributed by atoms with Gasteiger partial charge in [-0.1, -0.05) is 23.2 Å². The van der Waals surface area contributed by atoms with E-state index in [0.717, 1.165) is 4.90 Å². The number of hydrogen-bond donors (Lipinski definition) is 2. The van der Waals surface area contributed by atoms with E-state index in [1.165, 1.54) is 6.07 Å². The first-order valence-electron chi connectivity index (χ1n) is 4.85. The van der Waals surface area contributed by atoms with Gasteiger partial charge < -0.3 is 5.32 Å². The maximum atomic E-state index is 11.7. The van der Waals surface area contributed by atoms with Crippen molar-refractivity contribution in [1.82, 2.24) is 10.2 Å². The Morgan fingerprint density at radius 1 is 1.35 bits per heavy atom. The average Bonchev–Trinajstić information content (AvgIpc) is 2.70. The Morgan fingerprint density at radius 2 is 2.12 bits per heavy atom. The van der Waals surface area contributed by atoms with Crippen LogP contribution in [0.3, 0.4) is 0 Å². The Bertz CT molecular complexity index is 479. The van der Waals surface area contributed by atoms with Gasteiger partial charge in [-0.05, 0) is 18.2 Å². The van der Waals surface area contributed by atoms with Crippen LogP contribution in [0.4, 0.5) is 10.5 Å². The molecule has 3 amide bonds. The van der Waals surface area contributed by atoms with Crippen molar-refractivity contribution in [2.75, 3.05) is 18.5 Å². The fourth-order valence-electron chi connectivity index (χ4n) is 1.41. The number of urea groups is 1. The number of nitrogens with one attached hydrogen (secondary N) is 2. The summed E-state index contributed by atoms with van der Waals surface area (Å²) in [6, 6.07) is 4.22. The highest BCUT2D eigenvalue weighted by atomic mass is 35.5. The smallest absolute Gasteiger partial charge is 0.307 e. The van der Waals surface area contributed by atoms with E-state index >= 15 is 0 Å². The Balaban J connectivity index is 2.07. The molecule has 0 radical (unpaired) electrons. The van der Waals surface area contributed by atoms with E-state index in [4.69, 9.17) is 23.2 Å². The normalized spacial score (nSPS) is 15.2. The van der Waals surface area contributed by atoms with Crippen LogP contribution in [0.25, 0.3) is 0 Å². The number of carbonyl (C=O) groups excluding carboxylic acids is 2. The van der Waals surface area contributed by atoms with Gasteiger partial charge in [0.1, 0.15) is 0 Å². The van der Waals surface area contributed by atoms with Crippen LogP contribution in [0.5, 0.6) is 0 Å². The molecule has 2 rings (SSSR count). The summed E-state index contributed by atoms with van der Waals surface area (Å²) in [6.45, 7) is 0.390. The van der Waals surface area contributed by atoms with Gasteiger partial charge in [-0.25, -0.2) is 9.69 Å². The lowest BCUT2D eigenvalue weighted by atomic mass is 10.3. The number of nitrogens with zero attached hydrogens (tertiary/aromatic N) is 1. The van der Waals surface area contributed by atoms with Gasteiger partial charge >= 0.3 is 6.03 Å². The zero-order valence-electron chi connectivity index (χ0n) is 8.67. The van der Waals surface area contributed by atoms with Gasteiger partial charge in [0.15, 0.2) is 0 Å². The number of amides is 3. The number of rotatable bonds is 1. The SMILES string of the molecule is O=C1CNCN1C(=O)Nc1ccc(Cl)c(Cl)c1. The molecule has 7 heteroatoms. The first kappa shape index (κ1) is 12.2. The second-order valence-electron chi connectivity index (χ2n) is 3.47. The van der Waals surface area contributed by atoms with Crippen LogP contribution in [0.2, 0.25) is 10.0 Å². The summed E-state index contributed by atoms with van der Waals surface area (Å²) in [5, 5.41) is 6.09. The molecule has 0 unspecified atom stereocenters. The minimum Gasteiger partial charge on any atom is -0.307 e. The predicted octanol–water partition coefficient (Wildman–Crippen LogP) is 1.91. The van der Waals surface area contributed by atoms with E-state index in [0.29, 0.717) is 15.7 Å². The third-order valence-electron chi connectivity index (χ3n) is 2.26. The monoisotopic (exact) mass is 273 g/mol. The summed E-state index contributed by atoms with van der Waals surface area (Å²) in [7, 11) is 0. The average molecular weight is 274 g/mol. The first-order valence-corrected chi connectivity index (χ1v) is 5.60. The van der Waals surface area contributed by atoms with Gasteiger partial charge in [-0.15, -0.1) is 0 Å². The van der Waals surface area contributed by atoms with Gasteiger partial charge in [-0.3, -0.25) is 10.1 Å². The molecule has 2 N–H and O–H groups in total. The molecule has 0 atom stereocenters. The fraction of sp³-hybridized carbons (Fsp3) is 0.200. The van der Waals surface area contributed by atoms with Crippen LogP contribution in [-0.4, -0.2) is 30.1 Å². The summed E-state index contributed by atoms with van der Waals surface area (Å²) in [5.41, 5.74) is 0.490. The van der Waals surface area contributed by atoms with Gasteiger partial charge in [0, 0.05) is 5.69 Å². The molecule has 0 aliphatic carbocycles. The van der Waals surface area contributed by atoms with Crippen molar-refractivity contribution in [2.24, 2.45) is 0 Å². The van der Waals surface area contributed by atoms with E-state index in [9.17, 15) is 9.59 Å². The van der Waals surface area contributed by atoms with E-state index in [-0.39, 0.29) is 19.1 Å². The van der Waals surface area contributed by atoms with Crippen molar-refractivity contribution >= 4 is 40.8 Å². The van der Waals surface area contributed by atoms with Crippen molar-refractivity contribution in [2.45, 2.75) is 0 Å². The molecular weight excluding hydrogens is 265 g/mol. The Hall–Kier alpha value is -1.30. The molecule has 0 aromatic heterocycles. The third kappa shape index (κ3) is 2.69. The number of halogens is 2. The molecule has 0 saturated carbocycles.